The minimum Gasteiger partial charge on any atom is -0.368 e. The van der Waals surface area contributed by atoms with Crippen LogP contribution in [0.15, 0.2) is 24.3 Å². The molecule has 0 saturated carbocycles. The van der Waals surface area contributed by atoms with E-state index in [9.17, 15) is 9.59 Å². The van der Waals surface area contributed by atoms with E-state index in [4.69, 9.17) is 5.73 Å². The molecule has 2 rings (SSSR count). The molecule has 0 unspecified atom stereocenters. The molecule has 1 aliphatic heterocycles. The van der Waals surface area contributed by atoms with Crippen LogP contribution >= 0.6 is 24.8 Å². The molecule has 1 fully saturated rings. The van der Waals surface area contributed by atoms with Crippen molar-refractivity contribution in [2.45, 2.75) is 26.8 Å². The fourth-order valence-electron chi connectivity index (χ4n) is 2.81. The number of aryl methyl sites for hydroxylation is 1. The Morgan fingerprint density at radius 1 is 1.12 bits per heavy atom. The van der Waals surface area contributed by atoms with Gasteiger partial charge in [-0.3, -0.25) is 9.59 Å². The molecular formula is C18H30Cl2N4O2. The Balaban J connectivity index is 0.00000312. The summed E-state index contributed by atoms with van der Waals surface area (Å²) in [5, 5.41) is 2.64. The molecule has 1 aromatic carbocycles. The van der Waals surface area contributed by atoms with Crippen LogP contribution in [0.25, 0.3) is 0 Å². The predicted octanol–water partition coefficient (Wildman–Crippen LogP) is 1.59. The van der Waals surface area contributed by atoms with Crippen molar-refractivity contribution in [3.63, 3.8) is 0 Å². The summed E-state index contributed by atoms with van der Waals surface area (Å²) in [6.45, 7) is 8.82. The Morgan fingerprint density at radius 3 is 2.23 bits per heavy atom. The Morgan fingerprint density at radius 2 is 1.69 bits per heavy atom. The van der Waals surface area contributed by atoms with E-state index in [1.54, 1.807) is 4.90 Å². The molecule has 1 saturated heterocycles. The largest absolute Gasteiger partial charge is 0.368 e. The summed E-state index contributed by atoms with van der Waals surface area (Å²) in [4.78, 5) is 28.2. The highest BCUT2D eigenvalue weighted by Gasteiger charge is 2.23. The second-order valence-electron chi connectivity index (χ2n) is 6.64. The number of nitrogens with two attached hydrogens (primary N) is 1. The van der Waals surface area contributed by atoms with Gasteiger partial charge in [-0.2, -0.15) is 0 Å². The van der Waals surface area contributed by atoms with E-state index < -0.39 is 6.04 Å². The zero-order valence-corrected chi connectivity index (χ0v) is 17.2. The maximum absolute atomic E-state index is 12.3. The molecule has 8 heteroatoms. The number of nitrogens with one attached hydrogen (secondary N) is 1. The summed E-state index contributed by atoms with van der Waals surface area (Å²) >= 11 is 0. The lowest BCUT2D eigenvalue weighted by molar-refractivity contribution is -0.133. The first-order valence-corrected chi connectivity index (χ1v) is 8.51. The summed E-state index contributed by atoms with van der Waals surface area (Å²) in [7, 11) is 0. The maximum atomic E-state index is 12.3. The van der Waals surface area contributed by atoms with E-state index >= 15 is 0 Å². The van der Waals surface area contributed by atoms with E-state index in [-0.39, 0.29) is 49.1 Å². The smallest absolute Gasteiger partial charge is 0.242 e. The van der Waals surface area contributed by atoms with Gasteiger partial charge in [-0.1, -0.05) is 32.0 Å². The molecule has 1 atom stereocenters. The van der Waals surface area contributed by atoms with Crippen molar-refractivity contribution in [1.82, 2.24) is 10.2 Å². The predicted molar refractivity (Wildman–Crippen MR) is 110 cm³/mol. The number of carbonyl (C=O) groups is 2. The monoisotopic (exact) mass is 404 g/mol. The zero-order valence-electron chi connectivity index (χ0n) is 15.6. The van der Waals surface area contributed by atoms with Gasteiger partial charge in [-0.05, 0) is 24.5 Å². The quantitative estimate of drug-likeness (QED) is 0.780. The van der Waals surface area contributed by atoms with Crippen LogP contribution < -0.4 is 16.0 Å². The topological polar surface area (TPSA) is 78.7 Å². The van der Waals surface area contributed by atoms with Gasteiger partial charge in [-0.25, -0.2) is 0 Å². The molecule has 26 heavy (non-hydrogen) atoms. The first-order chi connectivity index (χ1) is 11.4. The van der Waals surface area contributed by atoms with E-state index in [2.05, 4.69) is 29.3 Å². The van der Waals surface area contributed by atoms with Gasteiger partial charge in [0.25, 0.3) is 0 Å². The van der Waals surface area contributed by atoms with Crippen LogP contribution in [0.5, 0.6) is 0 Å². The van der Waals surface area contributed by atoms with Gasteiger partial charge >= 0.3 is 0 Å². The third-order valence-electron chi connectivity index (χ3n) is 4.52. The molecule has 0 bridgehead atoms. The van der Waals surface area contributed by atoms with Gasteiger partial charge < -0.3 is 20.9 Å². The van der Waals surface area contributed by atoms with Gasteiger partial charge in [-0.15, -0.1) is 24.8 Å². The average molecular weight is 405 g/mol. The molecule has 148 valence electrons. The van der Waals surface area contributed by atoms with E-state index in [0.29, 0.717) is 13.1 Å². The SMILES string of the molecule is Cc1ccccc1N1CCN(C(=O)CNC(=O)[C@@H](N)C(C)C)CC1.Cl.Cl. The van der Waals surface area contributed by atoms with Gasteiger partial charge in [0, 0.05) is 31.9 Å². The molecular weight excluding hydrogens is 375 g/mol. The average Bonchev–Trinajstić information content (AvgIpc) is 2.59. The number of hydrogen-bond acceptors (Lipinski definition) is 4. The Labute approximate surface area is 168 Å². The third kappa shape index (κ3) is 6.34. The summed E-state index contributed by atoms with van der Waals surface area (Å²) in [6.07, 6.45) is 0. The lowest BCUT2D eigenvalue weighted by Gasteiger charge is -2.37. The van der Waals surface area contributed by atoms with Crippen molar-refractivity contribution < 1.29 is 9.59 Å². The maximum Gasteiger partial charge on any atom is 0.242 e. The summed E-state index contributed by atoms with van der Waals surface area (Å²) in [5.74, 6) is -0.265. The third-order valence-corrected chi connectivity index (χ3v) is 4.52. The molecule has 0 spiro atoms. The standard InChI is InChI=1S/C18H28N4O2.2ClH/c1-13(2)17(19)18(24)20-12-16(23)22-10-8-21(9-11-22)15-7-5-4-6-14(15)3;;/h4-7,13,17H,8-12,19H2,1-3H3,(H,20,24);2*1H/t17-;;/m0../s1. The fraction of sp³-hybridized carbons (Fsp3) is 0.556. The Bertz CT molecular complexity index is 590. The fourth-order valence-corrected chi connectivity index (χ4v) is 2.81. The number of carbonyl (C=O) groups excluding carboxylic acids is 2. The van der Waals surface area contributed by atoms with Gasteiger partial charge in [0.2, 0.25) is 11.8 Å². The van der Waals surface area contributed by atoms with Gasteiger partial charge in [0.05, 0.1) is 12.6 Å². The molecule has 3 N–H and O–H groups in total. The van der Waals surface area contributed by atoms with Crippen LogP contribution in [0.1, 0.15) is 19.4 Å². The molecule has 0 radical (unpaired) electrons. The summed E-state index contributed by atoms with van der Waals surface area (Å²) in [5.41, 5.74) is 8.24. The highest BCUT2D eigenvalue weighted by Crippen LogP contribution is 2.20. The van der Waals surface area contributed by atoms with Crippen LogP contribution in [0.3, 0.4) is 0 Å². The van der Waals surface area contributed by atoms with Crippen molar-refractivity contribution >= 4 is 42.3 Å². The first-order valence-electron chi connectivity index (χ1n) is 8.51. The Kier molecular flexibility index (Phi) is 10.6. The van der Waals surface area contributed by atoms with Crippen LogP contribution in [-0.4, -0.2) is 55.5 Å². The number of para-hydroxylation sites is 1. The van der Waals surface area contributed by atoms with Crippen molar-refractivity contribution in [2.75, 3.05) is 37.6 Å². The number of nitrogens with zero attached hydrogens (tertiary/aromatic N) is 2. The summed E-state index contributed by atoms with van der Waals surface area (Å²) < 4.78 is 0. The van der Waals surface area contributed by atoms with E-state index in [1.165, 1.54) is 11.3 Å². The minimum absolute atomic E-state index is 0. The number of halogens is 2. The van der Waals surface area contributed by atoms with E-state index in [0.717, 1.165) is 13.1 Å². The summed E-state index contributed by atoms with van der Waals surface area (Å²) in [6, 6.07) is 7.70. The second kappa shape index (κ2) is 11.3. The van der Waals surface area contributed by atoms with Crippen molar-refractivity contribution in [1.29, 1.82) is 0 Å². The van der Waals surface area contributed by atoms with Crippen LogP contribution in [-0.2, 0) is 9.59 Å². The zero-order chi connectivity index (χ0) is 17.7. The number of rotatable bonds is 5. The van der Waals surface area contributed by atoms with Crippen LogP contribution in [0.2, 0.25) is 0 Å². The number of benzene rings is 1. The minimum atomic E-state index is -0.573. The number of amides is 2. The van der Waals surface area contributed by atoms with Gasteiger partial charge in [0.15, 0.2) is 0 Å². The Hall–Kier alpha value is -1.50. The lowest BCUT2D eigenvalue weighted by Crippen LogP contribution is -2.53. The second-order valence-corrected chi connectivity index (χ2v) is 6.64. The highest BCUT2D eigenvalue weighted by atomic mass is 35.5. The van der Waals surface area contributed by atoms with E-state index in [1.807, 2.05) is 26.0 Å². The van der Waals surface area contributed by atoms with Gasteiger partial charge in [0.1, 0.15) is 0 Å². The molecule has 6 nitrogen and oxygen atoms in total. The molecule has 0 aliphatic carbocycles. The van der Waals surface area contributed by atoms with Crippen molar-refractivity contribution in [3.8, 4) is 0 Å². The molecule has 1 aromatic rings. The van der Waals surface area contributed by atoms with Crippen molar-refractivity contribution in [2.24, 2.45) is 11.7 Å². The number of piperazine rings is 1. The molecule has 1 heterocycles. The van der Waals surface area contributed by atoms with Crippen molar-refractivity contribution in [3.05, 3.63) is 29.8 Å². The normalized spacial score (nSPS) is 15.0. The lowest BCUT2D eigenvalue weighted by atomic mass is 10.1. The number of hydrogen-bond donors (Lipinski definition) is 2. The molecule has 0 aromatic heterocycles. The van der Waals surface area contributed by atoms with Crippen LogP contribution in [0, 0.1) is 12.8 Å². The number of anilines is 1. The first kappa shape index (κ1) is 24.5. The van der Waals surface area contributed by atoms with Crippen LogP contribution in [0.4, 0.5) is 5.69 Å². The molecule has 2 amide bonds. The highest BCUT2D eigenvalue weighted by molar-refractivity contribution is 5.87. The molecule has 1 aliphatic rings.